The number of H-pyrrole nitrogens is 1. The van der Waals surface area contributed by atoms with E-state index in [4.69, 9.17) is 4.52 Å². The van der Waals surface area contributed by atoms with Gasteiger partial charge in [-0.25, -0.2) is 4.98 Å². The monoisotopic (exact) mass is 375 g/mol. The summed E-state index contributed by atoms with van der Waals surface area (Å²) in [5.74, 6) is 1.82. The molecule has 28 heavy (non-hydrogen) atoms. The number of benzene rings is 2. The molecule has 0 aliphatic heterocycles. The summed E-state index contributed by atoms with van der Waals surface area (Å²) in [6, 6.07) is 17.3. The number of hydrogen-bond donors (Lipinski definition) is 2. The Morgan fingerprint density at radius 3 is 2.71 bits per heavy atom. The summed E-state index contributed by atoms with van der Waals surface area (Å²) in [7, 11) is 0. The highest BCUT2D eigenvalue weighted by atomic mass is 16.5. The zero-order chi connectivity index (χ0) is 19.3. The molecule has 0 fully saturated rings. The summed E-state index contributed by atoms with van der Waals surface area (Å²) in [6.07, 6.45) is 1.58. The number of amides is 1. The number of imidazole rings is 1. The molecule has 0 saturated carbocycles. The van der Waals surface area contributed by atoms with Crippen LogP contribution in [0.2, 0.25) is 0 Å². The van der Waals surface area contributed by atoms with Crippen molar-refractivity contribution in [2.24, 2.45) is 0 Å². The van der Waals surface area contributed by atoms with E-state index in [-0.39, 0.29) is 11.9 Å². The van der Waals surface area contributed by atoms with Gasteiger partial charge in [0, 0.05) is 18.4 Å². The molecule has 2 aromatic carbocycles. The van der Waals surface area contributed by atoms with E-state index in [1.165, 1.54) is 0 Å². The lowest BCUT2D eigenvalue weighted by Gasteiger charge is -2.11. The van der Waals surface area contributed by atoms with Gasteiger partial charge in [0.1, 0.15) is 5.82 Å². The molecule has 0 aliphatic carbocycles. The molecule has 1 atom stereocenters. The molecule has 7 heteroatoms. The highest BCUT2D eigenvalue weighted by Crippen LogP contribution is 2.17. The molecule has 142 valence electrons. The van der Waals surface area contributed by atoms with Crippen molar-refractivity contribution in [3.05, 3.63) is 66.3 Å². The van der Waals surface area contributed by atoms with Gasteiger partial charge >= 0.3 is 0 Å². The molecule has 2 N–H and O–H groups in total. The minimum atomic E-state index is -0.187. The Kier molecular flexibility index (Phi) is 5.14. The lowest BCUT2D eigenvalue weighted by atomic mass is 10.2. The summed E-state index contributed by atoms with van der Waals surface area (Å²) < 4.78 is 5.28. The minimum absolute atomic E-state index is 0.0317. The van der Waals surface area contributed by atoms with Crippen LogP contribution in [-0.4, -0.2) is 26.0 Å². The largest absolute Gasteiger partial charge is 0.346 e. The zero-order valence-electron chi connectivity index (χ0n) is 15.6. The Morgan fingerprint density at radius 2 is 1.89 bits per heavy atom. The average Bonchev–Trinajstić information content (AvgIpc) is 3.36. The lowest BCUT2D eigenvalue weighted by Crippen LogP contribution is -2.27. The van der Waals surface area contributed by atoms with Crippen LogP contribution in [0.4, 0.5) is 0 Å². The van der Waals surface area contributed by atoms with Gasteiger partial charge in [0.05, 0.1) is 17.1 Å². The number of carbonyl (C=O) groups excluding carboxylic acids is 1. The number of fused-ring (bicyclic) bond motifs is 1. The van der Waals surface area contributed by atoms with E-state index in [2.05, 4.69) is 25.4 Å². The van der Waals surface area contributed by atoms with Crippen molar-refractivity contribution in [1.29, 1.82) is 0 Å². The summed E-state index contributed by atoms with van der Waals surface area (Å²) >= 11 is 0. The molecular weight excluding hydrogens is 354 g/mol. The highest BCUT2D eigenvalue weighted by Gasteiger charge is 2.14. The molecule has 1 amide bonds. The molecule has 1 unspecified atom stereocenters. The van der Waals surface area contributed by atoms with Crippen LogP contribution in [0.15, 0.2) is 59.1 Å². The van der Waals surface area contributed by atoms with Crippen molar-refractivity contribution < 1.29 is 9.32 Å². The third-order valence-corrected chi connectivity index (χ3v) is 4.49. The molecule has 2 heterocycles. The van der Waals surface area contributed by atoms with Gasteiger partial charge in [-0.3, -0.25) is 4.79 Å². The van der Waals surface area contributed by atoms with Crippen molar-refractivity contribution in [1.82, 2.24) is 25.4 Å². The maximum atomic E-state index is 12.2. The van der Waals surface area contributed by atoms with Crippen molar-refractivity contribution in [3.63, 3.8) is 0 Å². The Morgan fingerprint density at radius 1 is 1.11 bits per heavy atom. The van der Waals surface area contributed by atoms with E-state index in [1.807, 2.05) is 61.5 Å². The average molecular weight is 375 g/mol. The number of rotatable bonds is 7. The fourth-order valence-corrected chi connectivity index (χ4v) is 3.02. The topological polar surface area (TPSA) is 96.7 Å². The molecule has 0 saturated heterocycles. The molecule has 4 aromatic rings. The Hall–Kier alpha value is -3.48. The molecule has 4 rings (SSSR count). The van der Waals surface area contributed by atoms with Gasteiger partial charge in [-0.15, -0.1) is 0 Å². The van der Waals surface area contributed by atoms with Crippen LogP contribution in [0.5, 0.6) is 0 Å². The van der Waals surface area contributed by atoms with Crippen LogP contribution in [0.1, 0.15) is 37.5 Å². The number of aromatic nitrogens is 4. The summed E-state index contributed by atoms with van der Waals surface area (Å²) in [5.41, 5.74) is 2.77. The zero-order valence-corrected chi connectivity index (χ0v) is 15.6. The number of para-hydroxylation sites is 2. The molecule has 0 spiro atoms. The minimum Gasteiger partial charge on any atom is -0.346 e. The van der Waals surface area contributed by atoms with E-state index >= 15 is 0 Å². The summed E-state index contributed by atoms with van der Waals surface area (Å²) in [4.78, 5) is 24.4. The van der Waals surface area contributed by atoms with Crippen LogP contribution < -0.4 is 5.32 Å². The Balaban J connectivity index is 1.27. The van der Waals surface area contributed by atoms with Crippen LogP contribution in [-0.2, 0) is 11.2 Å². The van der Waals surface area contributed by atoms with Gasteiger partial charge in [0.25, 0.3) is 0 Å². The van der Waals surface area contributed by atoms with E-state index in [0.717, 1.165) is 22.4 Å². The van der Waals surface area contributed by atoms with Crippen LogP contribution >= 0.6 is 0 Å². The smallest absolute Gasteiger partial charge is 0.226 e. The lowest BCUT2D eigenvalue weighted by molar-refractivity contribution is -0.121. The number of aromatic amines is 1. The fraction of sp³-hybridized carbons (Fsp3) is 0.238. The molecule has 0 aliphatic rings. The van der Waals surface area contributed by atoms with Gasteiger partial charge in [0.2, 0.25) is 17.6 Å². The second-order valence-corrected chi connectivity index (χ2v) is 6.66. The van der Waals surface area contributed by atoms with Crippen LogP contribution in [0.3, 0.4) is 0 Å². The Labute approximate surface area is 162 Å². The SMILES string of the molecule is CC(NC(=O)CCCc1nc(-c2ccccc2)no1)c1nc2ccccc2[nH]1. The molecular formula is C21H21N5O2. The first-order valence-corrected chi connectivity index (χ1v) is 9.31. The van der Waals surface area contributed by atoms with Gasteiger partial charge in [-0.1, -0.05) is 47.6 Å². The maximum absolute atomic E-state index is 12.2. The predicted octanol–water partition coefficient (Wildman–Crippen LogP) is 3.81. The third kappa shape index (κ3) is 4.09. The number of nitrogens with one attached hydrogen (secondary N) is 2. The van der Waals surface area contributed by atoms with Gasteiger partial charge < -0.3 is 14.8 Å². The second kappa shape index (κ2) is 8.04. The van der Waals surface area contributed by atoms with E-state index in [1.54, 1.807) is 0 Å². The van der Waals surface area contributed by atoms with E-state index < -0.39 is 0 Å². The van der Waals surface area contributed by atoms with E-state index in [0.29, 0.717) is 31.0 Å². The maximum Gasteiger partial charge on any atom is 0.226 e. The standard InChI is InChI=1S/C21H21N5O2/c1-14(20-23-16-10-5-6-11-17(16)24-20)22-18(27)12-7-13-19-25-21(26-28-19)15-8-3-2-4-9-15/h2-6,8-11,14H,7,12-13H2,1H3,(H,22,27)(H,23,24). The summed E-state index contributed by atoms with van der Waals surface area (Å²) in [5, 5.41) is 6.97. The first kappa shape index (κ1) is 17.9. The molecule has 7 nitrogen and oxygen atoms in total. The van der Waals surface area contributed by atoms with Gasteiger partial charge in [-0.05, 0) is 25.5 Å². The number of nitrogens with zero attached hydrogens (tertiary/aromatic N) is 3. The number of hydrogen-bond acceptors (Lipinski definition) is 5. The van der Waals surface area contributed by atoms with Gasteiger partial charge in [-0.2, -0.15) is 4.98 Å². The fourth-order valence-electron chi connectivity index (χ4n) is 3.02. The van der Waals surface area contributed by atoms with E-state index in [9.17, 15) is 4.79 Å². The van der Waals surface area contributed by atoms with Crippen molar-refractivity contribution in [2.75, 3.05) is 0 Å². The molecule has 2 aromatic heterocycles. The predicted molar refractivity (Wildman–Crippen MR) is 105 cm³/mol. The quantitative estimate of drug-likeness (QED) is 0.512. The first-order valence-electron chi connectivity index (χ1n) is 9.31. The normalized spacial score (nSPS) is 12.2. The molecule has 0 bridgehead atoms. The molecule has 0 radical (unpaired) electrons. The van der Waals surface area contributed by atoms with Crippen molar-refractivity contribution in [3.8, 4) is 11.4 Å². The first-order chi connectivity index (χ1) is 13.7. The third-order valence-electron chi connectivity index (χ3n) is 4.49. The number of carbonyl (C=O) groups is 1. The second-order valence-electron chi connectivity index (χ2n) is 6.66. The number of aryl methyl sites for hydroxylation is 1. The highest BCUT2D eigenvalue weighted by molar-refractivity contribution is 5.77. The van der Waals surface area contributed by atoms with Crippen LogP contribution in [0, 0.1) is 0 Å². The van der Waals surface area contributed by atoms with Crippen molar-refractivity contribution >= 4 is 16.9 Å². The van der Waals surface area contributed by atoms with Crippen LogP contribution in [0.25, 0.3) is 22.4 Å². The Bertz CT molecular complexity index is 1040. The van der Waals surface area contributed by atoms with Gasteiger partial charge in [0.15, 0.2) is 0 Å². The summed E-state index contributed by atoms with van der Waals surface area (Å²) in [6.45, 7) is 1.92. The van der Waals surface area contributed by atoms with Crippen molar-refractivity contribution in [2.45, 2.75) is 32.2 Å².